The number of rotatable bonds is 1. The number of hydrogen-bond acceptors (Lipinski definition) is 5. The second-order valence-electron chi connectivity index (χ2n) is 3.09. The summed E-state index contributed by atoms with van der Waals surface area (Å²) in [6, 6.07) is 3.29. The molecule has 0 aromatic heterocycles. The van der Waals surface area contributed by atoms with Crippen LogP contribution in [-0.2, 0) is 10.8 Å². The first-order valence-corrected chi connectivity index (χ1v) is 5.23. The standard InChI is InChI=1S/C7H6N2O5S/c10-8(11)5-1-2-6-7(3-5)15(14)4-9(6,12)13/h1-3,12H,4H2. The quantitative estimate of drug-likeness (QED) is 0.333. The third-order valence-corrected chi connectivity index (χ3v) is 3.47. The molecule has 0 aliphatic carbocycles. The van der Waals surface area contributed by atoms with Crippen molar-refractivity contribution in [1.82, 2.24) is 4.81 Å². The SMILES string of the molecule is O=[N+]([O-])c1ccc2c(c1)S(=O)C[N+]2([O-])O. The van der Waals surface area contributed by atoms with Crippen LogP contribution in [0.4, 0.5) is 11.4 Å². The van der Waals surface area contributed by atoms with E-state index in [9.17, 15) is 24.7 Å². The fraction of sp³-hybridized carbons (Fsp3) is 0.143. The van der Waals surface area contributed by atoms with Crippen molar-refractivity contribution in [3.63, 3.8) is 0 Å². The van der Waals surface area contributed by atoms with Crippen molar-refractivity contribution in [2.24, 2.45) is 0 Å². The lowest BCUT2D eigenvalue weighted by Gasteiger charge is -2.26. The monoisotopic (exact) mass is 230 g/mol. The normalized spacial score (nSPS) is 28.8. The number of nitrogens with zero attached hydrogens (tertiary/aromatic N) is 2. The lowest BCUT2D eigenvalue weighted by molar-refractivity contribution is -0.385. The predicted octanol–water partition coefficient (Wildman–Crippen LogP) is 0.868. The third kappa shape index (κ3) is 1.53. The summed E-state index contributed by atoms with van der Waals surface area (Å²) in [4.78, 5) is 8.08. The molecule has 1 aromatic rings. The Morgan fingerprint density at radius 3 is 2.80 bits per heavy atom. The number of nitro benzene ring substituents is 1. The second kappa shape index (κ2) is 3.07. The summed E-state index contributed by atoms with van der Waals surface area (Å²) in [7, 11) is -1.69. The van der Waals surface area contributed by atoms with E-state index >= 15 is 0 Å². The minimum absolute atomic E-state index is 0.0294. The summed E-state index contributed by atoms with van der Waals surface area (Å²) < 4.78 is 11.4. The van der Waals surface area contributed by atoms with Crippen LogP contribution in [0.3, 0.4) is 0 Å². The van der Waals surface area contributed by atoms with E-state index in [2.05, 4.69) is 0 Å². The molecule has 0 spiro atoms. The molecule has 1 N–H and O–H groups in total. The number of fused-ring (bicyclic) bond motifs is 1. The molecule has 0 bridgehead atoms. The van der Waals surface area contributed by atoms with E-state index in [0.717, 1.165) is 18.2 Å². The van der Waals surface area contributed by atoms with Crippen molar-refractivity contribution >= 4 is 22.2 Å². The van der Waals surface area contributed by atoms with Gasteiger partial charge in [0.05, 0.1) is 4.92 Å². The first-order valence-electron chi connectivity index (χ1n) is 3.91. The molecule has 80 valence electrons. The lowest BCUT2D eigenvalue weighted by Crippen LogP contribution is -2.37. The van der Waals surface area contributed by atoms with Crippen LogP contribution >= 0.6 is 0 Å². The molecule has 7 nitrogen and oxygen atoms in total. The van der Waals surface area contributed by atoms with Crippen LogP contribution in [0, 0.1) is 15.3 Å². The summed E-state index contributed by atoms with van der Waals surface area (Å²) in [5.41, 5.74) is -0.345. The van der Waals surface area contributed by atoms with E-state index in [1.54, 1.807) is 0 Å². The van der Waals surface area contributed by atoms with Gasteiger partial charge in [0.2, 0.25) is 0 Å². The molecule has 1 aliphatic rings. The number of nitro groups is 1. The molecule has 0 fully saturated rings. The molecule has 0 saturated carbocycles. The zero-order chi connectivity index (χ0) is 11.2. The van der Waals surface area contributed by atoms with Crippen molar-refractivity contribution in [2.75, 3.05) is 5.88 Å². The molecule has 0 saturated heterocycles. The summed E-state index contributed by atoms with van der Waals surface area (Å²) in [5.74, 6) is -0.517. The molecule has 1 aromatic carbocycles. The highest BCUT2D eigenvalue weighted by Crippen LogP contribution is 2.37. The zero-order valence-corrected chi connectivity index (χ0v) is 8.14. The molecule has 15 heavy (non-hydrogen) atoms. The minimum Gasteiger partial charge on any atom is -0.592 e. The number of benzene rings is 1. The van der Waals surface area contributed by atoms with Gasteiger partial charge in [0.15, 0.2) is 11.6 Å². The Bertz CT molecular complexity index is 472. The van der Waals surface area contributed by atoms with E-state index in [1.165, 1.54) is 0 Å². The van der Waals surface area contributed by atoms with Crippen LogP contribution in [0.25, 0.3) is 0 Å². The van der Waals surface area contributed by atoms with Crippen LogP contribution in [0.15, 0.2) is 23.1 Å². The number of hydroxylamine groups is 2. The van der Waals surface area contributed by atoms with E-state index in [0.29, 0.717) is 0 Å². The van der Waals surface area contributed by atoms with Crippen LogP contribution < -0.4 is 4.81 Å². The van der Waals surface area contributed by atoms with E-state index < -0.39 is 26.4 Å². The molecule has 0 radical (unpaired) electrons. The fourth-order valence-electron chi connectivity index (χ4n) is 1.39. The Labute approximate surface area is 86.3 Å². The summed E-state index contributed by atoms with van der Waals surface area (Å²) in [5, 5.41) is 31.0. The topological polar surface area (TPSA) is 104 Å². The first kappa shape index (κ1) is 10.2. The molecular weight excluding hydrogens is 224 g/mol. The fourth-order valence-corrected chi connectivity index (χ4v) is 2.68. The predicted molar refractivity (Wildman–Crippen MR) is 51.3 cm³/mol. The van der Waals surface area contributed by atoms with Gasteiger partial charge < -0.3 is 5.21 Å². The van der Waals surface area contributed by atoms with Crippen molar-refractivity contribution in [3.05, 3.63) is 33.5 Å². The molecule has 2 atom stereocenters. The highest BCUT2D eigenvalue weighted by atomic mass is 32.2. The second-order valence-corrected chi connectivity index (χ2v) is 4.47. The average molecular weight is 230 g/mol. The van der Waals surface area contributed by atoms with Gasteiger partial charge in [0.25, 0.3) is 5.69 Å². The summed E-state index contributed by atoms with van der Waals surface area (Å²) in [6.07, 6.45) is 0. The van der Waals surface area contributed by atoms with E-state index in [4.69, 9.17) is 0 Å². The van der Waals surface area contributed by atoms with Gasteiger partial charge in [-0.1, -0.05) is 0 Å². The van der Waals surface area contributed by atoms with Crippen molar-refractivity contribution in [1.29, 1.82) is 0 Å². The van der Waals surface area contributed by atoms with Crippen molar-refractivity contribution in [3.8, 4) is 0 Å². The third-order valence-electron chi connectivity index (χ3n) is 2.07. The zero-order valence-electron chi connectivity index (χ0n) is 7.32. The van der Waals surface area contributed by atoms with Crippen LogP contribution in [-0.4, -0.2) is 20.2 Å². The van der Waals surface area contributed by atoms with Gasteiger partial charge in [-0.15, -0.1) is 0 Å². The van der Waals surface area contributed by atoms with Gasteiger partial charge in [0, 0.05) is 18.2 Å². The molecule has 2 unspecified atom stereocenters. The Hall–Kier alpha value is -1.35. The molecule has 8 heteroatoms. The van der Waals surface area contributed by atoms with Gasteiger partial charge in [-0.05, 0) is 0 Å². The number of non-ortho nitro benzene ring substituents is 1. The van der Waals surface area contributed by atoms with Gasteiger partial charge in [-0.25, -0.2) is 9.42 Å². The maximum atomic E-state index is 11.4. The molecule has 2 rings (SSSR count). The lowest BCUT2D eigenvalue weighted by atomic mass is 10.3. The Morgan fingerprint density at radius 1 is 1.53 bits per heavy atom. The maximum absolute atomic E-state index is 11.4. The van der Waals surface area contributed by atoms with Crippen molar-refractivity contribution < 1.29 is 14.3 Å². The van der Waals surface area contributed by atoms with Crippen molar-refractivity contribution in [2.45, 2.75) is 4.90 Å². The molecule has 1 heterocycles. The summed E-state index contributed by atoms with van der Waals surface area (Å²) >= 11 is 0. The van der Waals surface area contributed by atoms with Crippen LogP contribution in [0.1, 0.15) is 0 Å². The first-order chi connectivity index (χ1) is 6.92. The Kier molecular flexibility index (Phi) is 2.08. The van der Waals surface area contributed by atoms with Gasteiger partial charge in [-0.3, -0.25) is 10.1 Å². The smallest absolute Gasteiger partial charge is 0.271 e. The summed E-state index contributed by atoms with van der Waals surface area (Å²) in [6.45, 7) is 0. The number of quaternary nitrogens is 1. The molecular formula is C7H6N2O5S. The minimum atomic E-state index is -1.74. The Morgan fingerprint density at radius 2 is 2.20 bits per heavy atom. The number of hydrogen-bond donors (Lipinski definition) is 1. The van der Waals surface area contributed by atoms with Gasteiger partial charge >= 0.3 is 0 Å². The highest BCUT2D eigenvalue weighted by molar-refractivity contribution is 7.85. The highest BCUT2D eigenvalue weighted by Gasteiger charge is 2.37. The van der Waals surface area contributed by atoms with E-state index in [1.807, 2.05) is 0 Å². The van der Waals surface area contributed by atoms with Gasteiger partial charge in [-0.2, -0.15) is 4.81 Å². The molecule has 0 amide bonds. The largest absolute Gasteiger partial charge is 0.592 e. The molecule has 1 aliphatic heterocycles. The average Bonchev–Trinajstić information content (AvgIpc) is 2.37. The Balaban J connectivity index is 2.60. The van der Waals surface area contributed by atoms with Crippen LogP contribution in [0.5, 0.6) is 0 Å². The van der Waals surface area contributed by atoms with E-state index in [-0.39, 0.29) is 16.3 Å². The van der Waals surface area contributed by atoms with Crippen LogP contribution in [0.2, 0.25) is 0 Å². The maximum Gasteiger partial charge on any atom is 0.271 e. The van der Waals surface area contributed by atoms with Gasteiger partial charge in [0.1, 0.15) is 15.7 Å².